The summed E-state index contributed by atoms with van der Waals surface area (Å²) < 4.78 is 0.599. The Morgan fingerprint density at radius 1 is 1.23 bits per heavy atom. The van der Waals surface area contributed by atoms with Gasteiger partial charge in [0.05, 0.1) is 6.54 Å². The first-order chi connectivity index (χ1) is 14.8. The van der Waals surface area contributed by atoms with Crippen LogP contribution in [-0.2, 0) is 14.4 Å². The van der Waals surface area contributed by atoms with Crippen LogP contribution in [0, 0.1) is 11.3 Å². The molecule has 2 atom stereocenters. The topological polar surface area (TPSA) is 141 Å². The molecule has 0 bridgehead atoms. The minimum atomic E-state index is -0.855. The Bertz CT molecular complexity index is 1030. The summed E-state index contributed by atoms with van der Waals surface area (Å²) >= 11 is 3.27. The van der Waals surface area contributed by atoms with Gasteiger partial charge < -0.3 is 21.3 Å². The molecule has 0 unspecified atom stereocenters. The molecule has 3 rings (SSSR count). The van der Waals surface area contributed by atoms with Crippen molar-refractivity contribution in [3.05, 3.63) is 52.6 Å². The molecule has 1 fully saturated rings. The molecule has 2 aromatic rings. The molecule has 1 aromatic carbocycles. The number of carbonyl (C=O) groups excluding carboxylic acids is 3. The van der Waals surface area contributed by atoms with Crippen LogP contribution in [0.2, 0.25) is 0 Å². The highest BCUT2D eigenvalue weighted by molar-refractivity contribution is 9.10. The Kier molecular flexibility index (Phi) is 7.01. The second kappa shape index (κ2) is 9.69. The second-order valence-corrected chi connectivity index (χ2v) is 8.19. The monoisotopic (exact) mass is 486 g/mol. The molecule has 3 amide bonds. The number of nitrogens with two attached hydrogens (primary N) is 1. The number of carbonyl (C=O) groups is 3. The van der Waals surface area contributed by atoms with Gasteiger partial charge in [0.15, 0.2) is 0 Å². The molecule has 31 heavy (non-hydrogen) atoms. The van der Waals surface area contributed by atoms with Gasteiger partial charge in [-0.2, -0.15) is 0 Å². The fourth-order valence-corrected chi connectivity index (χ4v) is 3.86. The van der Waals surface area contributed by atoms with Crippen molar-refractivity contribution in [2.45, 2.75) is 19.4 Å². The molecule has 5 N–H and O–H groups in total. The Hall–Kier alpha value is -3.27. The number of nitrogens with zero attached hydrogens (tertiary/aromatic N) is 2. The van der Waals surface area contributed by atoms with Crippen LogP contribution in [-0.4, -0.2) is 52.4 Å². The van der Waals surface area contributed by atoms with Crippen molar-refractivity contribution < 1.29 is 14.4 Å². The van der Waals surface area contributed by atoms with Gasteiger partial charge in [0.1, 0.15) is 22.2 Å². The van der Waals surface area contributed by atoms with Gasteiger partial charge in [-0.05, 0) is 46.5 Å². The van der Waals surface area contributed by atoms with E-state index in [2.05, 4.69) is 31.5 Å². The molecule has 1 aliphatic heterocycles. The molecule has 0 spiro atoms. The number of aromatic nitrogens is 1. The van der Waals surface area contributed by atoms with Crippen molar-refractivity contribution >= 4 is 50.9 Å². The standard InChI is InChI=1S/C21H23BrN6O3/c1-12-9-15(21(31)27-17-8-4-7-16(22)26-17)28(11-12)18(29)10-25-14-6-3-2-5-13(14)19(23)20(24)30/h2-8,12,15,23,25H,9-11H2,1H3,(H2,24,30)(H,26,27,31)/t12-,15-/m0/s1. The zero-order valence-corrected chi connectivity index (χ0v) is 18.5. The quantitative estimate of drug-likeness (QED) is 0.349. The number of primary amides is 1. The third-order valence-corrected chi connectivity index (χ3v) is 5.41. The van der Waals surface area contributed by atoms with Crippen LogP contribution in [0.3, 0.4) is 0 Å². The van der Waals surface area contributed by atoms with E-state index in [1.165, 1.54) is 0 Å². The number of nitrogens with one attached hydrogen (secondary N) is 3. The highest BCUT2D eigenvalue weighted by Crippen LogP contribution is 2.25. The van der Waals surface area contributed by atoms with Crippen molar-refractivity contribution in [2.75, 3.05) is 23.7 Å². The SMILES string of the molecule is C[C@H]1C[C@@H](C(=O)Nc2cccc(Br)n2)N(C(=O)CNc2ccccc2C(=N)C(N)=O)C1. The first kappa shape index (κ1) is 22.4. The van der Waals surface area contributed by atoms with E-state index in [0.717, 1.165) is 0 Å². The fourth-order valence-electron chi connectivity index (χ4n) is 3.52. The summed E-state index contributed by atoms with van der Waals surface area (Å²) in [7, 11) is 0. The van der Waals surface area contributed by atoms with Crippen molar-refractivity contribution in [3.63, 3.8) is 0 Å². The number of hydrogen-bond donors (Lipinski definition) is 4. The smallest absolute Gasteiger partial charge is 0.267 e. The second-order valence-electron chi connectivity index (χ2n) is 7.38. The number of amides is 3. The number of benzene rings is 1. The summed E-state index contributed by atoms with van der Waals surface area (Å²) in [5.74, 6) is -0.827. The van der Waals surface area contributed by atoms with Gasteiger partial charge in [0, 0.05) is 17.8 Å². The maximum atomic E-state index is 12.9. The van der Waals surface area contributed by atoms with Crippen molar-refractivity contribution in [1.82, 2.24) is 9.88 Å². The lowest BCUT2D eigenvalue weighted by molar-refractivity contribution is -0.135. The summed E-state index contributed by atoms with van der Waals surface area (Å²) in [6.07, 6.45) is 0.550. The minimum Gasteiger partial charge on any atom is -0.376 e. The molecule has 1 aliphatic rings. The molecule has 10 heteroatoms. The van der Waals surface area contributed by atoms with Crippen LogP contribution >= 0.6 is 15.9 Å². The predicted octanol–water partition coefficient (Wildman–Crippen LogP) is 1.98. The average Bonchev–Trinajstić information content (AvgIpc) is 3.13. The number of halogens is 1. The normalized spacial score (nSPS) is 17.8. The fraction of sp³-hybridized carbons (Fsp3) is 0.286. The first-order valence-corrected chi connectivity index (χ1v) is 10.5. The van der Waals surface area contributed by atoms with Crippen LogP contribution in [0.4, 0.5) is 11.5 Å². The highest BCUT2D eigenvalue weighted by Gasteiger charge is 2.37. The molecule has 1 aromatic heterocycles. The zero-order chi connectivity index (χ0) is 22.5. The minimum absolute atomic E-state index is 0.0886. The maximum Gasteiger partial charge on any atom is 0.267 e. The molecule has 162 valence electrons. The molecule has 0 aliphatic carbocycles. The molecular formula is C21H23BrN6O3. The summed E-state index contributed by atoms with van der Waals surface area (Å²) in [4.78, 5) is 42.9. The Morgan fingerprint density at radius 2 is 1.97 bits per heavy atom. The molecule has 1 saturated heterocycles. The van der Waals surface area contributed by atoms with Gasteiger partial charge in [-0.25, -0.2) is 4.98 Å². The van der Waals surface area contributed by atoms with E-state index in [0.29, 0.717) is 34.6 Å². The van der Waals surface area contributed by atoms with Gasteiger partial charge in [0.2, 0.25) is 11.8 Å². The summed E-state index contributed by atoms with van der Waals surface area (Å²) in [6, 6.07) is 11.2. The van der Waals surface area contributed by atoms with E-state index in [1.807, 2.05) is 6.92 Å². The van der Waals surface area contributed by atoms with Crippen LogP contribution < -0.4 is 16.4 Å². The number of pyridine rings is 1. The molecule has 0 radical (unpaired) electrons. The van der Waals surface area contributed by atoms with Crippen molar-refractivity contribution in [1.29, 1.82) is 5.41 Å². The van der Waals surface area contributed by atoms with Gasteiger partial charge in [-0.3, -0.25) is 19.8 Å². The summed E-state index contributed by atoms with van der Waals surface area (Å²) in [5.41, 5.74) is 5.63. The number of likely N-dealkylation sites (tertiary alicyclic amines) is 1. The first-order valence-electron chi connectivity index (χ1n) is 9.70. The number of hydrogen-bond acceptors (Lipinski definition) is 6. The molecular weight excluding hydrogens is 464 g/mol. The van der Waals surface area contributed by atoms with Crippen LogP contribution in [0.1, 0.15) is 18.9 Å². The van der Waals surface area contributed by atoms with Crippen molar-refractivity contribution in [3.8, 4) is 0 Å². The maximum absolute atomic E-state index is 12.9. The Labute approximate surface area is 188 Å². The van der Waals surface area contributed by atoms with E-state index in [1.54, 1.807) is 47.4 Å². The largest absolute Gasteiger partial charge is 0.376 e. The highest BCUT2D eigenvalue weighted by atomic mass is 79.9. The zero-order valence-electron chi connectivity index (χ0n) is 16.9. The van der Waals surface area contributed by atoms with E-state index >= 15 is 0 Å². The lowest BCUT2D eigenvalue weighted by atomic mass is 10.1. The average molecular weight is 487 g/mol. The lowest BCUT2D eigenvalue weighted by Gasteiger charge is -2.24. The number of anilines is 2. The van der Waals surface area contributed by atoms with E-state index in [9.17, 15) is 14.4 Å². The van der Waals surface area contributed by atoms with Gasteiger partial charge in [-0.15, -0.1) is 0 Å². The predicted molar refractivity (Wildman–Crippen MR) is 121 cm³/mol. The lowest BCUT2D eigenvalue weighted by Crippen LogP contribution is -2.45. The molecule has 2 heterocycles. The number of para-hydroxylation sites is 1. The van der Waals surface area contributed by atoms with Crippen LogP contribution in [0.5, 0.6) is 0 Å². The van der Waals surface area contributed by atoms with Gasteiger partial charge in [-0.1, -0.05) is 31.2 Å². The van der Waals surface area contributed by atoms with Gasteiger partial charge in [0.25, 0.3) is 5.91 Å². The summed E-state index contributed by atoms with van der Waals surface area (Å²) in [6.45, 7) is 2.36. The molecule has 9 nitrogen and oxygen atoms in total. The van der Waals surface area contributed by atoms with E-state index < -0.39 is 11.9 Å². The number of rotatable bonds is 7. The third-order valence-electron chi connectivity index (χ3n) is 4.97. The third kappa shape index (κ3) is 5.46. The van der Waals surface area contributed by atoms with E-state index in [-0.39, 0.29) is 30.0 Å². The summed E-state index contributed by atoms with van der Waals surface area (Å²) in [5, 5.41) is 13.6. The Balaban J connectivity index is 1.68. The van der Waals surface area contributed by atoms with Crippen LogP contribution in [0.25, 0.3) is 0 Å². The van der Waals surface area contributed by atoms with Crippen LogP contribution in [0.15, 0.2) is 47.1 Å². The Morgan fingerprint density at radius 3 is 2.68 bits per heavy atom. The van der Waals surface area contributed by atoms with Crippen molar-refractivity contribution in [2.24, 2.45) is 11.7 Å². The molecule has 0 saturated carbocycles. The van der Waals surface area contributed by atoms with E-state index in [4.69, 9.17) is 11.1 Å². The van der Waals surface area contributed by atoms with Gasteiger partial charge >= 0.3 is 0 Å².